The summed E-state index contributed by atoms with van der Waals surface area (Å²) >= 11 is 9.25. The van der Waals surface area contributed by atoms with Crippen molar-refractivity contribution in [1.82, 2.24) is 0 Å². The van der Waals surface area contributed by atoms with Crippen LogP contribution in [0.1, 0.15) is 17.2 Å². The maximum Gasteiger partial charge on any atom is 0.300 e. The van der Waals surface area contributed by atoms with Gasteiger partial charge in [0.05, 0.1) is 16.6 Å². The van der Waals surface area contributed by atoms with Gasteiger partial charge in [-0.1, -0.05) is 70.0 Å². The van der Waals surface area contributed by atoms with Crippen molar-refractivity contribution in [1.29, 1.82) is 0 Å². The van der Waals surface area contributed by atoms with Crippen LogP contribution >= 0.6 is 27.5 Å². The zero-order valence-electron chi connectivity index (χ0n) is 15.4. The first kappa shape index (κ1) is 20.3. The number of benzene rings is 3. The topological polar surface area (TPSA) is 57.6 Å². The van der Waals surface area contributed by atoms with E-state index in [0.717, 1.165) is 10.5 Å². The van der Waals surface area contributed by atoms with E-state index in [1.165, 1.54) is 17.0 Å². The lowest BCUT2D eigenvalue weighted by Gasteiger charge is -2.25. The molecule has 1 saturated heterocycles. The van der Waals surface area contributed by atoms with Gasteiger partial charge in [-0.05, 0) is 35.9 Å². The van der Waals surface area contributed by atoms with Gasteiger partial charge in [0.15, 0.2) is 0 Å². The molecule has 1 unspecified atom stereocenters. The maximum atomic E-state index is 13.7. The van der Waals surface area contributed by atoms with E-state index in [1.807, 2.05) is 0 Å². The number of halogens is 3. The summed E-state index contributed by atoms with van der Waals surface area (Å²) in [6, 6.07) is 18.5. The van der Waals surface area contributed by atoms with Gasteiger partial charge in [0.25, 0.3) is 11.7 Å². The molecule has 4 nitrogen and oxygen atoms in total. The Kier molecular flexibility index (Phi) is 5.45. The quantitative estimate of drug-likeness (QED) is 0.286. The fourth-order valence-corrected chi connectivity index (χ4v) is 3.89. The van der Waals surface area contributed by atoms with Crippen molar-refractivity contribution in [3.8, 4) is 0 Å². The molecule has 1 fully saturated rings. The largest absolute Gasteiger partial charge is 0.507 e. The molecule has 1 aliphatic heterocycles. The SMILES string of the molecule is O=C1C(=O)N(c2ccc(F)c(Cl)c2)C(c2ccccc2)/C1=C(\O)c1ccc(Br)cc1. The molecule has 0 bridgehead atoms. The van der Waals surface area contributed by atoms with E-state index in [9.17, 15) is 19.1 Å². The minimum Gasteiger partial charge on any atom is -0.507 e. The Balaban J connectivity index is 1.94. The molecule has 0 aliphatic carbocycles. The van der Waals surface area contributed by atoms with Gasteiger partial charge in [-0.2, -0.15) is 0 Å². The predicted molar refractivity (Wildman–Crippen MR) is 117 cm³/mol. The summed E-state index contributed by atoms with van der Waals surface area (Å²) in [6.45, 7) is 0. The number of rotatable bonds is 3. The molecule has 0 saturated carbocycles. The van der Waals surface area contributed by atoms with Crippen LogP contribution in [0.3, 0.4) is 0 Å². The second-order valence-corrected chi connectivity index (χ2v) is 8.01. The number of nitrogens with zero attached hydrogens (tertiary/aromatic N) is 1. The molecule has 1 atom stereocenters. The normalized spacial score (nSPS) is 18.1. The van der Waals surface area contributed by atoms with E-state index < -0.39 is 23.5 Å². The molecular formula is C23H14BrClFNO3. The smallest absolute Gasteiger partial charge is 0.300 e. The molecule has 7 heteroatoms. The Labute approximate surface area is 185 Å². The van der Waals surface area contributed by atoms with Gasteiger partial charge >= 0.3 is 0 Å². The van der Waals surface area contributed by atoms with Crippen molar-refractivity contribution < 1.29 is 19.1 Å². The maximum absolute atomic E-state index is 13.7. The number of anilines is 1. The second-order valence-electron chi connectivity index (χ2n) is 6.69. The molecule has 30 heavy (non-hydrogen) atoms. The third kappa shape index (κ3) is 3.53. The Bertz CT molecular complexity index is 1180. The van der Waals surface area contributed by atoms with Crippen LogP contribution in [0.4, 0.5) is 10.1 Å². The van der Waals surface area contributed by atoms with Crippen molar-refractivity contribution >= 4 is 50.7 Å². The summed E-state index contributed by atoms with van der Waals surface area (Å²) in [5.74, 6) is -2.58. The van der Waals surface area contributed by atoms with Crippen LogP contribution < -0.4 is 4.90 Å². The second kappa shape index (κ2) is 8.05. The van der Waals surface area contributed by atoms with E-state index in [0.29, 0.717) is 11.1 Å². The standard InChI is InChI=1S/C23H14BrClFNO3/c24-15-8-6-14(7-9-15)21(28)19-20(13-4-2-1-3-5-13)27(23(30)22(19)29)16-10-11-18(26)17(25)12-16/h1-12,20,28H/b21-19+. The van der Waals surface area contributed by atoms with Crippen molar-refractivity contribution in [3.63, 3.8) is 0 Å². The number of aliphatic hydroxyl groups excluding tert-OH is 1. The Hall–Kier alpha value is -2.96. The lowest BCUT2D eigenvalue weighted by molar-refractivity contribution is -0.132. The molecule has 0 radical (unpaired) electrons. The lowest BCUT2D eigenvalue weighted by Crippen LogP contribution is -2.29. The van der Waals surface area contributed by atoms with Crippen LogP contribution in [0.15, 0.2) is 82.8 Å². The van der Waals surface area contributed by atoms with E-state index in [1.54, 1.807) is 54.6 Å². The molecule has 1 heterocycles. The highest BCUT2D eigenvalue weighted by Gasteiger charge is 2.47. The number of hydrogen-bond donors (Lipinski definition) is 1. The Morgan fingerprint density at radius 1 is 1.00 bits per heavy atom. The van der Waals surface area contributed by atoms with E-state index in [2.05, 4.69) is 15.9 Å². The number of hydrogen-bond acceptors (Lipinski definition) is 3. The van der Waals surface area contributed by atoms with Crippen LogP contribution in [0.2, 0.25) is 5.02 Å². The monoisotopic (exact) mass is 485 g/mol. The molecule has 0 spiro atoms. The number of carbonyl (C=O) groups is 2. The van der Waals surface area contributed by atoms with Crippen molar-refractivity contribution in [2.45, 2.75) is 6.04 Å². The molecule has 1 N–H and O–H groups in total. The highest BCUT2D eigenvalue weighted by Crippen LogP contribution is 2.42. The first-order chi connectivity index (χ1) is 14.4. The highest BCUT2D eigenvalue weighted by molar-refractivity contribution is 9.10. The van der Waals surface area contributed by atoms with Crippen molar-refractivity contribution in [2.75, 3.05) is 4.90 Å². The number of aliphatic hydroxyl groups is 1. The van der Waals surface area contributed by atoms with Gasteiger partial charge in [0.2, 0.25) is 0 Å². The first-order valence-electron chi connectivity index (χ1n) is 8.95. The van der Waals surface area contributed by atoms with Crippen LogP contribution in [0.5, 0.6) is 0 Å². The van der Waals surface area contributed by atoms with Crippen LogP contribution in [0.25, 0.3) is 5.76 Å². The zero-order valence-corrected chi connectivity index (χ0v) is 17.7. The number of amides is 1. The summed E-state index contributed by atoms with van der Waals surface area (Å²) in [4.78, 5) is 27.2. The Morgan fingerprint density at radius 3 is 2.30 bits per heavy atom. The summed E-state index contributed by atoms with van der Waals surface area (Å²) < 4.78 is 14.5. The average Bonchev–Trinajstić information content (AvgIpc) is 3.01. The zero-order chi connectivity index (χ0) is 21.4. The lowest BCUT2D eigenvalue weighted by atomic mass is 9.95. The molecule has 3 aromatic carbocycles. The van der Waals surface area contributed by atoms with E-state index in [4.69, 9.17) is 11.6 Å². The highest BCUT2D eigenvalue weighted by atomic mass is 79.9. The molecule has 150 valence electrons. The molecule has 4 rings (SSSR count). The Morgan fingerprint density at radius 2 is 1.67 bits per heavy atom. The third-order valence-electron chi connectivity index (χ3n) is 4.86. The van der Waals surface area contributed by atoms with Crippen molar-refractivity contribution in [2.24, 2.45) is 0 Å². The van der Waals surface area contributed by atoms with E-state index in [-0.39, 0.29) is 22.0 Å². The van der Waals surface area contributed by atoms with Crippen molar-refractivity contribution in [3.05, 3.63) is 105 Å². The fraction of sp³-hybridized carbons (Fsp3) is 0.0435. The summed E-state index contributed by atoms with van der Waals surface area (Å²) in [5, 5.41) is 10.8. The number of ketones is 1. The molecular weight excluding hydrogens is 473 g/mol. The van der Waals surface area contributed by atoms with Gasteiger partial charge in [0, 0.05) is 15.7 Å². The molecule has 1 amide bonds. The van der Waals surface area contributed by atoms with Gasteiger partial charge in [-0.15, -0.1) is 0 Å². The minimum absolute atomic E-state index is 0.0473. The number of carbonyl (C=O) groups excluding carboxylic acids is 2. The summed E-state index contributed by atoms with van der Waals surface area (Å²) in [6.07, 6.45) is 0. The van der Waals surface area contributed by atoms with Gasteiger partial charge in [0.1, 0.15) is 11.6 Å². The van der Waals surface area contributed by atoms with Crippen LogP contribution in [-0.4, -0.2) is 16.8 Å². The third-order valence-corrected chi connectivity index (χ3v) is 5.68. The summed E-state index contributed by atoms with van der Waals surface area (Å²) in [7, 11) is 0. The molecule has 1 aliphatic rings. The molecule has 0 aromatic heterocycles. The van der Waals surface area contributed by atoms with Gasteiger partial charge < -0.3 is 5.11 Å². The summed E-state index contributed by atoms with van der Waals surface area (Å²) in [5.41, 5.74) is 1.23. The first-order valence-corrected chi connectivity index (χ1v) is 10.1. The van der Waals surface area contributed by atoms with Gasteiger partial charge in [-0.3, -0.25) is 14.5 Å². The van der Waals surface area contributed by atoms with Crippen LogP contribution in [0, 0.1) is 5.82 Å². The minimum atomic E-state index is -0.892. The average molecular weight is 487 g/mol. The fourth-order valence-electron chi connectivity index (χ4n) is 3.45. The molecule has 3 aromatic rings. The predicted octanol–water partition coefficient (Wildman–Crippen LogP) is 5.87. The van der Waals surface area contributed by atoms with E-state index >= 15 is 0 Å². The van der Waals surface area contributed by atoms with Gasteiger partial charge in [-0.25, -0.2) is 4.39 Å². The van der Waals surface area contributed by atoms with Crippen LogP contribution in [-0.2, 0) is 9.59 Å². The number of Topliss-reactive ketones (excluding diaryl/α,β-unsaturated/α-hetero) is 1.